The molecule has 1 N–H and O–H groups in total. The molecule has 2 aliphatic heterocycles. The molecule has 6 nitrogen and oxygen atoms in total. The fourth-order valence-corrected chi connectivity index (χ4v) is 3.11. The van der Waals surface area contributed by atoms with Crippen LogP contribution in [0.15, 0.2) is 0 Å². The highest BCUT2D eigenvalue weighted by Crippen LogP contribution is 2.25. The minimum Gasteiger partial charge on any atom is -0.340 e. The average molecular weight is 423 g/mol. The summed E-state index contributed by atoms with van der Waals surface area (Å²) in [4.78, 5) is 29.2. The number of nitrogens with one attached hydrogen (secondary N) is 1. The molecule has 1 atom stereocenters. The zero-order valence-corrected chi connectivity index (χ0v) is 18.8. The number of nitrogens with zero attached hydrogens (tertiary/aromatic N) is 3. The van der Waals surface area contributed by atoms with Crippen molar-refractivity contribution in [1.82, 2.24) is 20.0 Å². The molecule has 2 saturated heterocycles. The molecule has 2 rings (SSSR count). The predicted octanol–water partition coefficient (Wildman–Crippen LogP) is 2.20. The van der Waals surface area contributed by atoms with Crippen LogP contribution in [0.2, 0.25) is 0 Å². The summed E-state index contributed by atoms with van der Waals surface area (Å²) in [6, 6.07) is -1.60. The maximum Gasteiger partial charge on any atom is 0.405 e. The Morgan fingerprint density at radius 3 is 1.66 bits per heavy atom. The second-order valence-electron chi connectivity index (χ2n) is 9.89. The Bertz CT molecular complexity index is 560. The maximum atomic E-state index is 12.5. The molecular formula is C20H37F3N4O2. The van der Waals surface area contributed by atoms with Crippen LogP contribution in [0, 0.1) is 10.8 Å². The van der Waals surface area contributed by atoms with Gasteiger partial charge < -0.3 is 20.0 Å². The highest BCUT2D eigenvalue weighted by Gasteiger charge is 2.43. The van der Waals surface area contributed by atoms with E-state index in [0.717, 1.165) is 26.2 Å². The number of hydrogen-bond acceptors (Lipinski definition) is 4. The molecule has 0 radical (unpaired) electrons. The van der Waals surface area contributed by atoms with Crippen molar-refractivity contribution >= 4 is 11.8 Å². The molecule has 2 amide bonds. The number of amides is 2. The van der Waals surface area contributed by atoms with Gasteiger partial charge in [0.1, 0.15) is 6.04 Å². The van der Waals surface area contributed by atoms with Gasteiger partial charge in [-0.15, -0.1) is 0 Å². The fraction of sp³-hybridized carbons (Fsp3) is 0.900. The van der Waals surface area contributed by atoms with Gasteiger partial charge in [0.25, 0.3) is 0 Å². The van der Waals surface area contributed by atoms with Crippen molar-refractivity contribution in [3.8, 4) is 0 Å². The van der Waals surface area contributed by atoms with E-state index in [4.69, 9.17) is 0 Å². The number of alkyl halides is 3. The van der Waals surface area contributed by atoms with Crippen molar-refractivity contribution in [2.24, 2.45) is 10.8 Å². The second-order valence-corrected chi connectivity index (χ2v) is 9.89. The van der Waals surface area contributed by atoms with Gasteiger partial charge >= 0.3 is 6.18 Å². The van der Waals surface area contributed by atoms with Gasteiger partial charge in [0, 0.05) is 56.6 Å². The first kappa shape index (κ1) is 25.7. The maximum absolute atomic E-state index is 12.5. The van der Waals surface area contributed by atoms with E-state index in [1.165, 1.54) is 4.90 Å². The Kier molecular flexibility index (Phi) is 8.54. The predicted molar refractivity (Wildman–Crippen MR) is 107 cm³/mol. The molecule has 0 unspecified atom stereocenters. The molecule has 2 fully saturated rings. The number of carbonyl (C=O) groups excluding carboxylic acids is 2. The molecule has 0 aliphatic carbocycles. The van der Waals surface area contributed by atoms with Crippen molar-refractivity contribution in [1.29, 1.82) is 0 Å². The summed E-state index contributed by atoms with van der Waals surface area (Å²) in [6.07, 6.45) is -4.29. The number of rotatable bonds is 0. The second kappa shape index (κ2) is 9.64. The molecule has 9 heteroatoms. The van der Waals surface area contributed by atoms with E-state index < -0.39 is 17.6 Å². The van der Waals surface area contributed by atoms with Crippen LogP contribution in [0.3, 0.4) is 0 Å². The lowest BCUT2D eigenvalue weighted by atomic mass is 9.94. The summed E-state index contributed by atoms with van der Waals surface area (Å²) in [5.41, 5.74) is -0.858. The molecule has 0 saturated carbocycles. The SMILES string of the molecule is CC(C)(C)C(=O)N1CCN[C@H](C(F)(F)F)C1.CN1CCN(C(=O)C(C)(C)C)CC1. The molecule has 0 spiro atoms. The van der Waals surface area contributed by atoms with Crippen LogP contribution in [0.25, 0.3) is 0 Å². The Morgan fingerprint density at radius 2 is 1.24 bits per heavy atom. The van der Waals surface area contributed by atoms with E-state index in [1.54, 1.807) is 20.8 Å². The lowest BCUT2D eigenvalue weighted by molar-refractivity contribution is -0.170. The molecule has 170 valence electrons. The normalized spacial score (nSPS) is 22.1. The Labute approximate surface area is 172 Å². The first-order valence-electron chi connectivity index (χ1n) is 10.1. The monoisotopic (exact) mass is 422 g/mol. The largest absolute Gasteiger partial charge is 0.405 e. The number of likely N-dealkylation sites (N-methyl/N-ethyl adjacent to an activating group) is 1. The van der Waals surface area contributed by atoms with Gasteiger partial charge in [0.05, 0.1) is 0 Å². The molecular weight excluding hydrogens is 385 g/mol. The van der Waals surface area contributed by atoms with Gasteiger partial charge in [-0.1, -0.05) is 41.5 Å². The number of piperazine rings is 2. The average Bonchev–Trinajstić information content (AvgIpc) is 2.59. The summed E-state index contributed by atoms with van der Waals surface area (Å²) in [5, 5.41) is 2.38. The van der Waals surface area contributed by atoms with Crippen LogP contribution in [-0.4, -0.2) is 91.6 Å². The van der Waals surface area contributed by atoms with Gasteiger partial charge in [-0.2, -0.15) is 13.2 Å². The van der Waals surface area contributed by atoms with Crippen LogP contribution in [0.5, 0.6) is 0 Å². The highest BCUT2D eigenvalue weighted by molar-refractivity contribution is 5.82. The Hall–Kier alpha value is -1.35. The van der Waals surface area contributed by atoms with E-state index >= 15 is 0 Å². The minimum atomic E-state index is -4.29. The van der Waals surface area contributed by atoms with Crippen molar-refractivity contribution in [2.75, 3.05) is 52.9 Å². The Morgan fingerprint density at radius 1 is 0.793 bits per heavy atom. The molecule has 0 aromatic heterocycles. The molecule has 0 aromatic carbocycles. The summed E-state index contributed by atoms with van der Waals surface area (Å²) in [6.45, 7) is 15.1. The summed E-state index contributed by atoms with van der Waals surface area (Å²) >= 11 is 0. The third-order valence-corrected chi connectivity index (χ3v) is 4.93. The minimum absolute atomic E-state index is 0.187. The lowest BCUT2D eigenvalue weighted by Gasteiger charge is -2.37. The van der Waals surface area contributed by atoms with Crippen LogP contribution < -0.4 is 5.32 Å². The fourth-order valence-electron chi connectivity index (χ4n) is 3.11. The zero-order valence-electron chi connectivity index (χ0n) is 18.8. The summed E-state index contributed by atoms with van der Waals surface area (Å²) < 4.78 is 37.4. The van der Waals surface area contributed by atoms with E-state index in [9.17, 15) is 22.8 Å². The lowest BCUT2D eigenvalue weighted by Crippen LogP contribution is -2.59. The van der Waals surface area contributed by atoms with Crippen LogP contribution >= 0.6 is 0 Å². The standard InChI is InChI=1S/C10H17F3N2O.C10H20N2O/c1-9(2,3)8(16)15-5-4-14-7(6-15)10(11,12)13;1-10(2,3)9(13)12-7-5-11(4)6-8-12/h7,14H,4-6H2,1-3H3;5-8H2,1-4H3/t7-;/m0./s1. The third kappa shape index (κ3) is 8.12. The van der Waals surface area contributed by atoms with Crippen molar-refractivity contribution in [3.05, 3.63) is 0 Å². The third-order valence-electron chi connectivity index (χ3n) is 4.93. The quantitative estimate of drug-likeness (QED) is 0.650. The van der Waals surface area contributed by atoms with Crippen LogP contribution in [-0.2, 0) is 9.59 Å². The van der Waals surface area contributed by atoms with Gasteiger partial charge in [-0.05, 0) is 7.05 Å². The van der Waals surface area contributed by atoms with E-state index in [0.29, 0.717) is 6.54 Å². The van der Waals surface area contributed by atoms with Crippen molar-refractivity contribution < 1.29 is 22.8 Å². The number of carbonyl (C=O) groups is 2. The first-order chi connectivity index (χ1) is 13.0. The van der Waals surface area contributed by atoms with Crippen molar-refractivity contribution in [2.45, 2.75) is 53.8 Å². The van der Waals surface area contributed by atoms with E-state index in [2.05, 4.69) is 17.3 Å². The number of hydrogen-bond donors (Lipinski definition) is 1. The topological polar surface area (TPSA) is 55.9 Å². The van der Waals surface area contributed by atoms with Crippen molar-refractivity contribution in [3.63, 3.8) is 0 Å². The van der Waals surface area contributed by atoms with Gasteiger partial charge in [-0.3, -0.25) is 9.59 Å². The van der Waals surface area contributed by atoms with Gasteiger partial charge in [0.15, 0.2) is 0 Å². The number of halogens is 3. The van der Waals surface area contributed by atoms with E-state index in [1.807, 2.05) is 25.7 Å². The van der Waals surface area contributed by atoms with Gasteiger partial charge in [0.2, 0.25) is 11.8 Å². The highest BCUT2D eigenvalue weighted by atomic mass is 19.4. The Balaban J connectivity index is 0.000000296. The first-order valence-corrected chi connectivity index (χ1v) is 10.1. The summed E-state index contributed by atoms with van der Waals surface area (Å²) in [7, 11) is 2.10. The molecule has 2 aliphatic rings. The molecule has 0 bridgehead atoms. The zero-order chi connectivity index (χ0) is 22.6. The molecule has 2 heterocycles. The van der Waals surface area contributed by atoms with Gasteiger partial charge in [-0.25, -0.2) is 0 Å². The summed E-state index contributed by atoms with van der Waals surface area (Å²) in [5.74, 6) is 0.0452. The van der Waals surface area contributed by atoms with Crippen LogP contribution in [0.1, 0.15) is 41.5 Å². The smallest absolute Gasteiger partial charge is 0.340 e. The van der Waals surface area contributed by atoms with E-state index in [-0.39, 0.29) is 30.3 Å². The molecule has 29 heavy (non-hydrogen) atoms. The van der Waals surface area contributed by atoms with Crippen LogP contribution in [0.4, 0.5) is 13.2 Å². The molecule has 0 aromatic rings.